The summed E-state index contributed by atoms with van der Waals surface area (Å²) in [5.41, 5.74) is 3.09. The van der Waals surface area contributed by atoms with E-state index in [9.17, 15) is 0 Å². The highest BCUT2D eigenvalue weighted by atomic mass is 35.5. The summed E-state index contributed by atoms with van der Waals surface area (Å²) in [5, 5.41) is 8.96. The molecule has 1 heterocycles. The van der Waals surface area contributed by atoms with Gasteiger partial charge in [0.25, 0.3) is 0 Å². The van der Waals surface area contributed by atoms with Gasteiger partial charge in [0, 0.05) is 5.02 Å². The van der Waals surface area contributed by atoms with Crippen molar-refractivity contribution >= 4 is 11.6 Å². The Balaban J connectivity index is 1.60. The van der Waals surface area contributed by atoms with Crippen molar-refractivity contribution in [2.75, 3.05) is 0 Å². The molecule has 0 spiro atoms. The van der Waals surface area contributed by atoms with Crippen LogP contribution >= 0.6 is 11.6 Å². The Labute approximate surface area is 134 Å². The van der Waals surface area contributed by atoms with Gasteiger partial charge < -0.3 is 4.74 Å². The minimum atomic E-state index is 0.401. The van der Waals surface area contributed by atoms with Crippen molar-refractivity contribution in [3.8, 4) is 5.75 Å². The molecule has 112 valence electrons. The van der Waals surface area contributed by atoms with Gasteiger partial charge in [0.2, 0.25) is 0 Å². The highest BCUT2D eigenvalue weighted by Gasteiger charge is 2.03. The van der Waals surface area contributed by atoms with Crippen LogP contribution in [0, 0.1) is 6.92 Å². The molecule has 5 heteroatoms. The number of rotatable bonds is 5. The molecule has 0 fully saturated rings. The van der Waals surface area contributed by atoms with E-state index < -0.39 is 0 Å². The van der Waals surface area contributed by atoms with Crippen LogP contribution in [0.1, 0.15) is 16.8 Å². The molecule has 0 amide bonds. The van der Waals surface area contributed by atoms with Gasteiger partial charge in [0.05, 0.1) is 12.7 Å². The first-order chi connectivity index (χ1) is 10.7. The molecule has 2 aromatic carbocycles. The van der Waals surface area contributed by atoms with Gasteiger partial charge in [-0.1, -0.05) is 46.6 Å². The average molecular weight is 314 g/mol. The topological polar surface area (TPSA) is 39.9 Å². The molecule has 22 heavy (non-hydrogen) atoms. The van der Waals surface area contributed by atoms with Crippen LogP contribution in [0.5, 0.6) is 5.75 Å². The summed E-state index contributed by atoms with van der Waals surface area (Å²) in [6.45, 7) is 3.09. The number of nitrogens with zero attached hydrogens (tertiary/aromatic N) is 3. The van der Waals surface area contributed by atoms with E-state index >= 15 is 0 Å². The lowest BCUT2D eigenvalue weighted by molar-refractivity contribution is 0.301. The monoisotopic (exact) mass is 313 g/mol. The van der Waals surface area contributed by atoms with Crippen LogP contribution in [-0.4, -0.2) is 15.0 Å². The lowest BCUT2D eigenvalue weighted by Gasteiger charge is -2.03. The second kappa shape index (κ2) is 6.62. The van der Waals surface area contributed by atoms with Crippen molar-refractivity contribution in [2.24, 2.45) is 0 Å². The minimum Gasteiger partial charge on any atom is -0.487 e. The Bertz CT molecular complexity index is 753. The zero-order chi connectivity index (χ0) is 15.4. The van der Waals surface area contributed by atoms with Gasteiger partial charge in [0.1, 0.15) is 18.1 Å². The van der Waals surface area contributed by atoms with Crippen molar-refractivity contribution in [1.82, 2.24) is 15.0 Å². The molecule has 0 bridgehead atoms. The predicted molar refractivity (Wildman–Crippen MR) is 86.1 cm³/mol. The van der Waals surface area contributed by atoms with Crippen LogP contribution in [0.3, 0.4) is 0 Å². The van der Waals surface area contributed by atoms with Gasteiger partial charge in [-0.3, -0.25) is 0 Å². The van der Waals surface area contributed by atoms with Crippen molar-refractivity contribution < 1.29 is 4.74 Å². The fourth-order valence-electron chi connectivity index (χ4n) is 2.10. The predicted octanol–water partition coefficient (Wildman–Crippen LogP) is 3.87. The number of aryl methyl sites for hydroxylation is 1. The van der Waals surface area contributed by atoms with Crippen molar-refractivity contribution in [3.63, 3.8) is 0 Å². The molecule has 3 rings (SSSR count). The van der Waals surface area contributed by atoms with Gasteiger partial charge in [-0.15, -0.1) is 5.10 Å². The minimum absolute atomic E-state index is 0.401. The molecule has 0 aliphatic heterocycles. The normalized spacial score (nSPS) is 10.6. The second-order valence-corrected chi connectivity index (χ2v) is 5.58. The highest BCUT2D eigenvalue weighted by Crippen LogP contribution is 2.14. The van der Waals surface area contributed by atoms with Crippen molar-refractivity contribution in [3.05, 3.63) is 76.6 Å². The standard InChI is InChI=1S/C17H16ClN3O/c1-13-5-7-17(8-6-13)22-12-16-11-21(20-19-16)10-14-3-2-4-15(18)9-14/h2-9,11H,10,12H2,1H3. The Morgan fingerprint density at radius 2 is 1.95 bits per heavy atom. The summed E-state index contributed by atoms with van der Waals surface area (Å²) in [7, 11) is 0. The number of halogens is 1. The number of benzene rings is 2. The molecule has 3 aromatic rings. The van der Waals surface area contributed by atoms with Crippen LogP contribution in [0.15, 0.2) is 54.7 Å². The summed E-state index contributed by atoms with van der Waals surface area (Å²) in [6, 6.07) is 15.7. The largest absolute Gasteiger partial charge is 0.487 e. The maximum atomic E-state index is 5.98. The van der Waals surface area contributed by atoms with Gasteiger partial charge in [-0.25, -0.2) is 4.68 Å². The SMILES string of the molecule is Cc1ccc(OCc2cn(Cc3cccc(Cl)c3)nn2)cc1. The van der Waals surface area contributed by atoms with Crippen LogP contribution in [0.2, 0.25) is 5.02 Å². The smallest absolute Gasteiger partial charge is 0.134 e. The third-order valence-electron chi connectivity index (χ3n) is 3.23. The highest BCUT2D eigenvalue weighted by molar-refractivity contribution is 6.30. The van der Waals surface area contributed by atoms with E-state index in [-0.39, 0.29) is 0 Å². The van der Waals surface area contributed by atoms with Crippen LogP contribution in [0.25, 0.3) is 0 Å². The number of hydrogen-bond acceptors (Lipinski definition) is 3. The fourth-order valence-corrected chi connectivity index (χ4v) is 2.31. The van der Waals surface area contributed by atoms with Crippen molar-refractivity contribution in [2.45, 2.75) is 20.1 Å². The van der Waals surface area contributed by atoms with E-state index in [4.69, 9.17) is 16.3 Å². The molecule has 0 atom stereocenters. The molecule has 0 saturated carbocycles. The van der Waals surface area contributed by atoms with Gasteiger partial charge in [-0.2, -0.15) is 0 Å². The maximum Gasteiger partial charge on any atom is 0.134 e. The number of hydrogen-bond donors (Lipinski definition) is 0. The summed E-state index contributed by atoms with van der Waals surface area (Å²) < 4.78 is 7.47. The average Bonchev–Trinajstić information content (AvgIpc) is 2.94. The van der Waals surface area contributed by atoms with E-state index in [1.165, 1.54) is 5.56 Å². The van der Waals surface area contributed by atoms with E-state index in [0.29, 0.717) is 13.2 Å². The van der Waals surface area contributed by atoms with Crippen LogP contribution in [0.4, 0.5) is 0 Å². The Morgan fingerprint density at radius 1 is 1.14 bits per heavy atom. The molecule has 0 radical (unpaired) electrons. The van der Waals surface area contributed by atoms with Crippen molar-refractivity contribution in [1.29, 1.82) is 0 Å². The lowest BCUT2D eigenvalue weighted by Crippen LogP contribution is -2.00. The molecular weight excluding hydrogens is 298 g/mol. The van der Waals surface area contributed by atoms with E-state index in [0.717, 1.165) is 22.0 Å². The van der Waals surface area contributed by atoms with Crippen LogP contribution < -0.4 is 4.74 Å². The fraction of sp³-hybridized carbons (Fsp3) is 0.176. The molecular formula is C17H16ClN3O. The van der Waals surface area contributed by atoms with E-state index in [1.54, 1.807) is 4.68 Å². The number of aromatic nitrogens is 3. The molecule has 0 aliphatic carbocycles. The quantitative estimate of drug-likeness (QED) is 0.718. The second-order valence-electron chi connectivity index (χ2n) is 5.14. The zero-order valence-electron chi connectivity index (χ0n) is 12.2. The van der Waals surface area contributed by atoms with Gasteiger partial charge in [-0.05, 0) is 36.8 Å². The summed E-state index contributed by atoms with van der Waals surface area (Å²) >= 11 is 5.98. The summed E-state index contributed by atoms with van der Waals surface area (Å²) in [6.07, 6.45) is 1.88. The zero-order valence-corrected chi connectivity index (χ0v) is 13.0. The summed E-state index contributed by atoms with van der Waals surface area (Å²) in [4.78, 5) is 0. The third-order valence-corrected chi connectivity index (χ3v) is 3.46. The van der Waals surface area contributed by atoms with E-state index in [2.05, 4.69) is 10.3 Å². The molecule has 1 aromatic heterocycles. The Kier molecular flexibility index (Phi) is 4.39. The molecule has 0 unspecified atom stereocenters. The Morgan fingerprint density at radius 3 is 2.73 bits per heavy atom. The Hall–Kier alpha value is -2.33. The first-order valence-electron chi connectivity index (χ1n) is 7.02. The summed E-state index contributed by atoms with van der Waals surface area (Å²) in [5.74, 6) is 0.829. The van der Waals surface area contributed by atoms with E-state index in [1.807, 2.05) is 61.7 Å². The third kappa shape index (κ3) is 3.86. The molecule has 0 saturated heterocycles. The lowest BCUT2D eigenvalue weighted by atomic mass is 10.2. The molecule has 4 nitrogen and oxygen atoms in total. The maximum absolute atomic E-state index is 5.98. The first-order valence-corrected chi connectivity index (χ1v) is 7.40. The number of ether oxygens (including phenoxy) is 1. The molecule has 0 N–H and O–H groups in total. The first kappa shape index (κ1) is 14.6. The van der Waals surface area contributed by atoms with Gasteiger partial charge in [0.15, 0.2) is 0 Å². The molecule has 0 aliphatic rings. The van der Waals surface area contributed by atoms with Crippen LogP contribution in [-0.2, 0) is 13.2 Å². The van der Waals surface area contributed by atoms with Gasteiger partial charge >= 0.3 is 0 Å².